The molecule has 11 nitrogen and oxygen atoms in total. The molecule has 40 heavy (non-hydrogen) atoms. The first-order valence-electron chi connectivity index (χ1n) is 13.8. The second-order valence-corrected chi connectivity index (χ2v) is 10.7. The molecule has 1 amide bonds. The summed E-state index contributed by atoms with van der Waals surface area (Å²) in [6, 6.07) is 9.51. The van der Waals surface area contributed by atoms with Crippen LogP contribution in [0.5, 0.6) is 0 Å². The molecule has 4 N–H and O–H groups in total. The average molecular weight is 539 g/mol. The molecule has 3 aliphatic rings. The van der Waals surface area contributed by atoms with E-state index in [9.17, 15) is 14.7 Å². The summed E-state index contributed by atoms with van der Waals surface area (Å²) in [6.45, 7) is 1.31. The first-order valence-corrected chi connectivity index (χ1v) is 13.8. The minimum atomic E-state index is -0.416. The summed E-state index contributed by atoms with van der Waals surface area (Å²) in [5.41, 5.74) is 10.9. The van der Waals surface area contributed by atoms with Crippen LogP contribution in [-0.4, -0.2) is 53.5 Å². The summed E-state index contributed by atoms with van der Waals surface area (Å²) >= 11 is 0. The van der Waals surface area contributed by atoms with Crippen molar-refractivity contribution in [2.24, 2.45) is 4.99 Å². The van der Waals surface area contributed by atoms with Crippen LogP contribution in [0.3, 0.4) is 0 Å². The number of nitrogens with one attached hydrogen (secondary N) is 1. The third-order valence-electron chi connectivity index (χ3n) is 8.16. The van der Waals surface area contributed by atoms with Crippen LogP contribution < -0.4 is 16.6 Å². The van der Waals surface area contributed by atoms with E-state index in [2.05, 4.69) is 26.5 Å². The Morgan fingerprint density at radius 3 is 2.73 bits per heavy atom. The number of nitrogen functional groups attached to an aromatic ring is 1. The lowest BCUT2D eigenvalue weighted by molar-refractivity contribution is 0.0726. The highest BCUT2D eigenvalue weighted by Gasteiger charge is 2.32. The fourth-order valence-corrected chi connectivity index (χ4v) is 6.08. The number of anilines is 2. The molecule has 204 valence electrons. The van der Waals surface area contributed by atoms with Crippen molar-refractivity contribution in [3.8, 4) is 11.1 Å². The van der Waals surface area contributed by atoms with Crippen LogP contribution >= 0.6 is 0 Å². The zero-order valence-electron chi connectivity index (χ0n) is 22.0. The van der Waals surface area contributed by atoms with E-state index in [1.165, 1.54) is 6.33 Å². The lowest BCUT2D eigenvalue weighted by Crippen LogP contribution is -2.32. The molecule has 1 fully saturated rings. The molecular weight excluding hydrogens is 508 g/mol. The Kier molecular flexibility index (Phi) is 5.88. The molecule has 3 aromatic heterocycles. The topological polar surface area (TPSA) is 145 Å². The van der Waals surface area contributed by atoms with Gasteiger partial charge in [-0.1, -0.05) is 18.2 Å². The Hall–Kier alpha value is -4.51. The molecule has 0 saturated heterocycles. The number of hydrogen-bond acceptors (Lipinski definition) is 7. The maximum Gasteiger partial charge on any atom is 0.285 e. The number of nitrogens with two attached hydrogens (primary N) is 1. The molecule has 0 radical (unpaired) electrons. The van der Waals surface area contributed by atoms with Gasteiger partial charge in [-0.25, -0.2) is 9.50 Å². The van der Waals surface area contributed by atoms with E-state index in [1.807, 2.05) is 45.6 Å². The van der Waals surface area contributed by atoms with Crippen molar-refractivity contribution in [1.29, 1.82) is 0 Å². The zero-order valence-corrected chi connectivity index (χ0v) is 22.0. The minimum Gasteiger partial charge on any atom is -0.393 e. The number of aliphatic hydroxyl groups excluding tert-OH is 1. The van der Waals surface area contributed by atoms with Crippen molar-refractivity contribution in [2.45, 2.75) is 57.1 Å². The summed E-state index contributed by atoms with van der Waals surface area (Å²) < 4.78 is 5.30. The van der Waals surface area contributed by atoms with Crippen LogP contribution in [0.4, 0.5) is 11.5 Å². The molecule has 1 aliphatic carbocycles. The van der Waals surface area contributed by atoms with Crippen LogP contribution in [0, 0.1) is 0 Å². The summed E-state index contributed by atoms with van der Waals surface area (Å²) in [4.78, 5) is 35.7. The first kappa shape index (κ1) is 24.5. The number of benzene rings is 1. The van der Waals surface area contributed by atoms with E-state index in [4.69, 9.17) is 5.73 Å². The highest BCUT2D eigenvalue weighted by molar-refractivity contribution is 6.06. The molecule has 11 heteroatoms. The summed E-state index contributed by atoms with van der Waals surface area (Å²) in [5, 5.41) is 17.2. The van der Waals surface area contributed by atoms with E-state index in [0.717, 1.165) is 47.3 Å². The third-order valence-corrected chi connectivity index (χ3v) is 8.16. The van der Waals surface area contributed by atoms with Gasteiger partial charge in [0.15, 0.2) is 11.7 Å². The van der Waals surface area contributed by atoms with Crippen molar-refractivity contribution in [1.82, 2.24) is 24.0 Å². The zero-order chi connectivity index (χ0) is 27.4. The van der Waals surface area contributed by atoms with Gasteiger partial charge in [0.25, 0.3) is 11.5 Å². The average Bonchev–Trinajstić information content (AvgIpc) is 3.48. The van der Waals surface area contributed by atoms with Crippen molar-refractivity contribution < 1.29 is 9.90 Å². The van der Waals surface area contributed by atoms with E-state index < -0.39 is 5.91 Å². The van der Waals surface area contributed by atoms with Crippen LogP contribution in [0.15, 0.2) is 58.6 Å². The predicted molar refractivity (Wildman–Crippen MR) is 152 cm³/mol. The van der Waals surface area contributed by atoms with Gasteiger partial charge in [0.05, 0.1) is 11.8 Å². The van der Waals surface area contributed by atoms with E-state index in [-0.39, 0.29) is 23.1 Å². The van der Waals surface area contributed by atoms with Gasteiger partial charge in [0.2, 0.25) is 0 Å². The lowest BCUT2D eigenvalue weighted by Gasteiger charge is -2.30. The maximum absolute atomic E-state index is 13.5. The molecule has 4 aromatic rings. The number of dihydropyridines is 1. The minimum absolute atomic E-state index is 0.182. The second kappa shape index (κ2) is 9.60. The number of allylic oxidation sites excluding steroid dienone is 1. The number of hydrogen-bond donors (Lipinski definition) is 3. The molecule has 7 rings (SSSR count). The standard InChI is InChI=1S/C29H30N8O3/c30-27-26-21(15-23(18-13-20(38)14-18)36(26)33-16-32-27)17-7-9-19(10-8-17)34-28(39)25-22-5-2-4-12-35(22)37(29(25)40)24-6-1-3-11-31-24/h1,6-10,15-16,18,20,38H,2-5,11-14H2,(H,34,39)(H2,30,32,33). The van der Waals surface area contributed by atoms with Gasteiger partial charge in [-0.3, -0.25) is 19.3 Å². The first-order chi connectivity index (χ1) is 19.5. The van der Waals surface area contributed by atoms with Crippen molar-refractivity contribution >= 4 is 28.8 Å². The molecule has 1 saturated carbocycles. The second-order valence-electron chi connectivity index (χ2n) is 10.7. The van der Waals surface area contributed by atoms with Crippen LogP contribution in [-0.2, 0) is 13.0 Å². The summed E-state index contributed by atoms with van der Waals surface area (Å²) in [5.74, 6) is 0.749. The highest BCUT2D eigenvalue weighted by atomic mass is 16.3. The Bertz CT molecular complexity index is 1750. The van der Waals surface area contributed by atoms with E-state index in [1.54, 1.807) is 4.68 Å². The fraction of sp³-hybridized carbons (Fsp3) is 0.345. The summed E-state index contributed by atoms with van der Waals surface area (Å²) in [7, 11) is 0. The lowest BCUT2D eigenvalue weighted by atomic mass is 9.80. The van der Waals surface area contributed by atoms with Gasteiger partial charge in [-0.2, -0.15) is 9.78 Å². The van der Waals surface area contributed by atoms with Crippen molar-refractivity contribution in [3.05, 3.63) is 76.1 Å². The van der Waals surface area contributed by atoms with Gasteiger partial charge >= 0.3 is 0 Å². The number of aliphatic imine (C=N–C) groups is 1. The van der Waals surface area contributed by atoms with Crippen LogP contribution in [0.2, 0.25) is 0 Å². The number of aliphatic hydroxyl groups is 1. The van der Waals surface area contributed by atoms with Gasteiger partial charge in [0, 0.05) is 36.0 Å². The van der Waals surface area contributed by atoms with E-state index in [0.29, 0.717) is 49.7 Å². The van der Waals surface area contributed by atoms with Crippen molar-refractivity contribution in [2.75, 3.05) is 17.6 Å². The molecule has 2 aliphatic heterocycles. The molecule has 0 unspecified atom stereocenters. The summed E-state index contributed by atoms with van der Waals surface area (Å²) in [6.07, 6.45) is 9.80. The van der Waals surface area contributed by atoms with Crippen LogP contribution in [0.1, 0.15) is 59.8 Å². The number of rotatable bonds is 4. The number of carbonyl (C=O) groups excluding carboxylic acids is 1. The van der Waals surface area contributed by atoms with E-state index >= 15 is 0 Å². The monoisotopic (exact) mass is 538 g/mol. The van der Waals surface area contributed by atoms with Gasteiger partial charge in [-0.05, 0) is 68.4 Å². The quantitative estimate of drug-likeness (QED) is 0.364. The largest absolute Gasteiger partial charge is 0.393 e. The van der Waals surface area contributed by atoms with Crippen molar-refractivity contribution in [3.63, 3.8) is 0 Å². The van der Waals surface area contributed by atoms with Crippen LogP contribution in [0.25, 0.3) is 16.6 Å². The highest BCUT2D eigenvalue weighted by Crippen LogP contribution is 2.41. The smallest absolute Gasteiger partial charge is 0.285 e. The molecule has 1 aromatic carbocycles. The van der Waals surface area contributed by atoms with Gasteiger partial charge < -0.3 is 16.2 Å². The molecule has 0 spiro atoms. The predicted octanol–water partition coefficient (Wildman–Crippen LogP) is 2.98. The molecule has 0 atom stereocenters. The Morgan fingerprint density at radius 2 is 1.98 bits per heavy atom. The number of fused-ring (bicyclic) bond motifs is 2. The van der Waals surface area contributed by atoms with Gasteiger partial charge in [-0.15, -0.1) is 0 Å². The number of amides is 1. The molecule has 0 bridgehead atoms. The van der Waals surface area contributed by atoms with Gasteiger partial charge in [0.1, 0.15) is 17.4 Å². The normalized spacial score (nSPS) is 20.2. The molecule has 5 heterocycles. The number of aromatic nitrogens is 5. The Labute approximate surface area is 229 Å². The Morgan fingerprint density at radius 1 is 1.15 bits per heavy atom. The molecular formula is C29H30N8O3. The maximum atomic E-state index is 13.5. The third kappa shape index (κ3) is 3.96. The SMILES string of the molecule is Nc1ncnn2c(C3CC(O)C3)cc(-c3ccc(NC(=O)c4c5n(n(C6=NCCC=C6)c4=O)CCCC5)cc3)c12. The fourth-order valence-electron chi connectivity index (χ4n) is 6.08. The number of carbonyl (C=O) groups is 1. The number of nitrogens with zero attached hydrogens (tertiary/aromatic N) is 6. The Balaban J connectivity index is 1.19.